The Kier molecular flexibility index (Phi) is 4.61. The van der Waals surface area contributed by atoms with Gasteiger partial charge in [-0.05, 0) is 30.3 Å². The van der Waals surface area contributed by atoms with Crippen molar-refractivity contribution in [3.05, 3.63) is 77.5 Å². The van der Waals surface area contributed by atoms with Crippen LogP contribution in [0.15, 0.2) is 60.8 Å². The Hall–Kier alpha value is -3.41. The molecule has 0 spiro atoms. The number of ether oxygens (including phenoxy) is 1. The molecule has 126 valence electrons. The van der Waals surface area contributed by atoms with E-state index >= 15 is 0 Å². The van der Waals surface area contributed by atoms with Gasteiger partial charge in [-0.15, -0.1) is 0 Å². The van der Waals surface area contributed by atoms with E-state index in [1.807, 2.05) is 0 Å². The van der Waals surface area contributed by atoms with E-state index in [0.29, 0.717) is 28.3 Å². The van der Waals surface area contributed by atoms with E-state index in [4.69, 9.17) is 4.74 Å². The molecule has 3 aromatic rings. The smallest absolute Gasteiger partial charge is 0.257 e. The highest BCUT2D eigenvalue weighted by molar-refractivity contribution is 6.17. The number of ketones is 1. The van der Waals surface area contributed by atoms with Crippen LogP contribution in [0.4, 0.5) is 5.82 Å². The molecule has 0 aliphatic rings. The SMILES string of the molecule is COc1ccc(C(=O)c2ccccc2C(=O)Nc2ccnn2C)cc1. The van der Waals surface area contributed by atoms with E-state index in [-0.39, 0.29) is 11.7 Å². The van der Waals surface area contributed by atoms with Gasteiger partial charge in [0.15, 0.2) is 5.78 Å². The summed E-state index contributed by atoms with van der Waals surface area (Å²) in [4.78, 5) is 25.4. The van der Waals surface area contributed by atoms with Gasteiger partial charge in [0, 0.05) is 24.2 Å². The number of hydrogen-bond donors (Lipinski definition) is 1. The van der Waals surface area contributed by atoms with Crippen molar-refractivity contribution >= 4 is 17.5 Å². The van der Waals surface area contributed by atoms with Gasteiger partial charge in [0.1, 0.15) is 11.6 Å². The lowest BCUT2D eigenvalue weighted by molar-refractivity contribution is 0.0995. The van der Waals surface area contributed by atoms with Crippen molar-refractivity contribution in [3.63, 3.8) is 0 Å². The summed E-state index contributed by atoms with van der Waals surface area (Å²) >= 11 is 0. The summed E-state index contributed by atoms with van der Waals surface area (Å²) in [5, 5.41) is 6.77. The van der Waals surface area contributed by atoms with Crippen molar-refractivity contribution in [3.8, 4) is 5.75 Å². The fourth-order valence-corrected chi connectivity index (χ4v) is 2.46. The normalized spacial score (nSPS) is 10.3. The molecule has 0 saturated heterocycles. The second kappa shape index (κ2) is 7.00. The van der Waals surface area contributed by atoms with E-state index in [1.54, 1.807) is 79.6 Å². The molecule has 0 fully saturated rings. The van der Waals surface area contributed by atoms with Gasteiger partial charge in [-0.3, -0.25) is 14.3 Å². The average molecular weight is 335 g/mol. The summed E-state index contributed by atoms with van der Waals surface area (Å²) in [6.07, 6.45) is 1.59. The summed E-state index contributed by atoms with van der Waals surface area (Å²) in [5.41, 5.74) is 1.14. The molecule has 6 heteroatoms. The molecule has 2 aromatic carbocycles. The van der Waals surface area contributed by atoms with Gasteiger partial charge in [-0.2, -0.15) is 5.10 Å². The first kappa shape index (κ1) is 16.4. The lowest BCUT2D eigenvalue weighted by atomic mass is 9.98. The monoisotopic (exact) mass is 335 g/mol. The van der Waals surface area contributed by atoms with E-state index in [9.17, 15) is 9.59 Å². The highest BCUT2D eigenvalue weighted by Gasteiger charge is 2.18. The molecule has 0 unspecified atom stereocenters. The van der Waals surface area contributed by atoms with Crippen LogP contribution in [-0.2, 0) is 7.05 Å². The van der Waals surface area contributed by atoms with Gasteiger partial charge >= 0.3 is 0 Å². The maximum Gasteiger partial charge on any atom is 0.257 e. The molecular formula is C19H17N3O3. The van der Waals surface area contributed by atoms with Crippen LogP contribution < -0.4 is 10.1 Å². The first-order valence-corrected chi connectivity index (χ1v) is 7.67. The van der Waals surface area contributed by atoms with Crippen LogP contribution in [0.25, 0.3) is 0 Å². The van der Waals surface area contributed by atoms with E-state index < -0.39 is 0 Å². The van der Waals surface area contributed by atoms with Crippen LogP contribution in [0.2, 0.25) is 0 Å². The molecule has 1 N–H and O–H groups in total. The van der Waals surface area contributed by atoms with E-state index in [2.05, 4.69) is 10.4 Å². The predicted octanol–water partition coefficient (Wildman–Crippen LogP) is 2.91. The average Bonchev–Trinajstić information content (AvgIpc) is 3.05. The summed E-state index contributed by atoms with van der Waals surface area (Å²) in [6, 6.07) is 15.2. The number of nitrogens with zero attached hydrogens (tertiary/aromatic N) is 2. The molecule has 1 aromatic heterocycles. The third-order valence-electron chi connectivity index (χ3n) is 3.83. The third kappa shape index (κ3) is 3.42. The van der Waals surface area contributed by atoms with Crippen LogP contribution >= 0.6 is 0 Å². The van der Waals surface area contributed by atoms with E-state index in [1.165, 1.54) is 0 Å². The zero-order valence-electron chi connectivity index (χ0n) is 13.9. The molecule has 0 saturated carbocycles. The number of aromatic nitrogens is 2. The van der Waals surface area contributed by atoms with Crippen LogP contribution in [0.5, 0.6) is 5.75 Å². The molecule has 1 heterocycles. The molecule has 0 aliphatic carbocycles. The Balaban J connectivity index is 1.90. The van der Waals surface area contributed by atoms with Gasteiger partial charge in [-0.1, -0.05) is 18.2 Å². The first-order valence-electron chi connectivity index (χ1n) is 7.67. The van der Waals surface area contributed by atoms with Gasteiger partial charge in [-0.25, -0.2) is 0 Å². The second-order valence-corrected chi connectivity index (χ2v) is 5.40. The summed E-state index contributed by atoms with van der Waals surface area (Å²) in [6.45, 7) is 0. The Morgan fingerprint density at radius 3 is 2.28 bits per heavy atom. The molecule has 6 nitrogen and oxygen atoms in total. The number of carbonyl (C=O) groups excluding carboxylic acids is 2. The quantitative estimate of drug-likeness (QED) is 0.728. The van der Waals surface area contributed by atoms with Crippen LogP contribution in [0, 0.1) is 0 Å². The van der Waals surface area contributed by atoms with Crippen LogP contribution in [0.1, 0.15) is 26.3 Å². The summed E-state index contributed by atoms with van der Waals surface area (Å²) in [7, 11) is 3.29. The molecule has 0 radical (unpaired) electrons. The molecule has 0 aliphatic heterocycles. The lowest BCUT2D eigenvalue weighted by Gasteiger charge is -2.10. The van der Waals surface area contributed by atoms with Gasteiger partial charge < -0.3 is 10.1 Å². The standard InChI is InChI=1S/C19H17N3O3/c1-22-17(11-12-20-22)21-19(24)16-6-4-3-5-15(16)18(23)13-7-9-14(25-2)10-8-13/h3-12H,1-2H3,(H,21,24). The van der Waals surface area contributed by atoms with Gasteiger partial charge in [0.05, 0.1) is 18.9 Å². The Morgan fingerprint density at radius 1 is 1.00 bits per heavy atom. The molecule has 3 rings (SSSR count). The Labute approximate surface area is 145 Å². The topological polar surface area (TPSA) is 73.2 Å². The first-order chi connectivity index (χ1) is 12.1. The van der Waals surface area contributed by atoms with Crippen LogP contribution in [-0.4, -0.2) is 28.6 Å². The molecule has 1 amide bonds. The van der Waals surface area contributed by atoms with Crippen molar-refractivity contribution in [2.24, 2.45) is 7.05 Å². The summed E-state index contributed by atoms with van der Waals surface area (Å²) in [5.74, 6) is 0.634. The summed E-state index contributed by atoms with van der Waals surface area (Å²) < 4.78 is 6.65. The number of methoxy groups -OCH3 is 1. The number of carbonyl (C=O) groups is 2. The molecule has 0 atom stereocenters. The largest absolute Gasteiger partial charge is 0.497 e. The molecule has 25 heavy (non-hydrogen) atoms. The number of hydrogen-bond acceptors (Lipinski definition) is 4. The highest BCUT2D eigenvalue weighted by atomic mass is 16.5. The highest BCUT2D eigenvalue weighted by Crippen LogP contribution is 2.19. The van der Waals surface area contributed by atoms with Gasteiger partial charge in [0.25, 0.3) is 5.91 Å². The van der Waals surface area contributed by atoms with Crippen molar-refractivity contribution in [2.75, 3.05) is 12.4 Å². The zero-order valence-corrected chi connectivity index (χ0v) is 13.9. The number of anilines is 1. The fourth-order valence-electron chi connectivity index (χ4n) is 2.46. The zero-order chi connectivity index (χ0) is 17.8. The van der Waals surface area contributed by atoms with Crippen molar-refractivity contribution in [1.82, 2.24) is 9.78 Å². The lowest BCUT2D eigenvalue weighted by Crippen LogP contribution is -2.18. The van der Waals surface area contributed by atoms with Crippen molar-refractivity contribution in [1.29, 1.82) is 0 Å². The number of benzene rings is 2. The minimum atomic E-state index is -0.360. The molecule has 0 bridgehead atoms. The van der Waals surface area contributed by atoms with Gasteiger partial charge in [0.2, 0.25) is 0 Å². The Bertz CT molecular complexity index is 914. The maximum absolute atomic E-state index is 12.8. The predicted molar refractivity (Wildman–Crippen MR) is 94.0 cm³/mol. The van der Waals surface area contributed by atoms with Crippen molar-refractivity contribution in [2.45, 2.75) is 0 Å². The maximum atomic E-state index is 12.8. The fraction of sp³-hybridized carbons (Fsp3) is 0.105. The van der Waals surface area contributed by atoms with Crippen LogP contribution in [0.3, 0.4) is 0 Å². The second-order valence-electron chi connectivity index (χ2n) is 5.40. The number of rotatable bonds is 5. The van der Waals surface area contributed by atoms with E-state index in [0.717, 1.165) is 0 Å². The minimum Gasteiger partial charge on any atom is -0.497 e. The number of amides is 1. The Morgan fingerprint density at radius 2 is 1.68 bits per heavy atom. The third-order valence-corrected chi connectivity index (χ3v) is 3.83. The molecular weight excluding hydrogens is 318 g/mol. The number of nitrogens with one attached hydrogen (secondary N) is 1. The minimum absolute atomic E-state index is 0.224. The number of aryl methyl sites for hydroxylation is 1. The van der Waals surface area contributed by atoms with Crippen molar-refractivity contribution < 1.29 is 14.3 Å².